The first-order valence-corrected chi connectivity index (χ1v) is 9.89. The van der Waals surface area contributed by atoms with Gasteiger partial charge in [0.25, 0.3) is 5.56 Å². The topological polar surface area (TPSA) is 38.8 Å². The Hall–Kier alpha value is -1.20. The number of aromatic nitrogens is 2. The van der Waals surface area contributed by atoms with Crippen LogP contribution in [0.1, 0.15) is 61.2 Å². The molecule has 124 valence electrons. The number of nitrogens with zero attached hydrogens (tertiary/aromatic N) is 2. The maximum atomic E-state index is 12.6. The molecule has 23 heavy (non-hydrogen) atoms. The highest BCUT2D eigenvalue weighted by molar-refractivity contribution is 7.17. The van der Waals surface area contributed by atoms with Crippen LogP contribution in [0.5, 0.6) is 0 Å². The quantitative estimate of drug-likeness (QED) is 0.933. The average Bonchev–Trinajstić information content (AvgIpc) is 2.94. The second-order valence-corrected chi connectivity index (χ2v) is 8.30. The summed E-state index contributed by atoms with van der Waals surface area (Å²) in [6, 6.07) is 2.52. The second kappa shape index (κ2) is 6.36. The molecule has 1 atom stereocenters. The van der Waals surface area contributed by atoms with Crippen molar-refractivity contribution in [3.8, 4) is 0 Å². The lowest BCUT2D eigenvalue weighted by Crippen LogP contribution is -3.11. The highest BCUT2D eigenvalue weighted by Crippen LogP contribution is 2.28. The van der Waals surface area contributed by atoms with Gasteiger partial charge >= 0.3 is 0 Å². The molecule has 0 spiro atoms. The number of fused-ring (bicyclic) bond motifs is 3. The van der Waals surface area contributed by atoms with Crippen molar-refractivity contribution < 1.29 is 4.90 Å². The zero-order valence-electron chi connectivity index (χ0n) is 13.9. The molecule has 0 bridgehead atoms. The molecule has 0 aliphatic heterocycles. The van der Waals surface area contributed by atoms with Crippen LogP contribution in [-0.2, 0) is 19.4 Å². The van der Waals surface area contributed by atoms with Crippen LogP contribution in [0.2, 0.25) is 0 Å². The lowest BCUT2D eigenvalue weighted by molar-refractivity contribution is -0.921. The van der Waals surface area contributed by atoms with Gasteiger partial charge in [-0.25, -0.2) is 4.98 Å². The van der Waals surface area contributed by atoms with Crippen LogP contribution in [0, 0.1) is 0 Å². The Morgan fingerprint density at radius 1 is 1.22 bits per heavy atom. The zero-order chi connectivity index (χ0) is 15.8. The fraction of sp³-hybridized carbons (Fsp3) is 0.667. The van der Waals surface area contributed by atoms with Crippen molar-refractivity contribution in [2.75, 3.05) is 7.05 Å². The molecule has 1 unspecified atom stereocenters. The Bertz CT molecular complexity index is 757. The predicted octanol–water partition coefficient (Wildman–Crippen LogP) is 1.98. The van der Waals surface area contributed by atoms with Gasteiger partial charge in [-0.3, -0.25) is 9.20 Å². The maximum absolute atomic E-state index is 12.6. The van der Waals surface area contributed by atoms with Crippen molar-refractivity contribution in [1.29, 1.82) is 0 Å². The Labute approximate surface area is 141 Å². The molecule has 1 N–H and O–H groups in total. The normalized spacial score (nSPS) is 20.6. The summed E-state index contributed by atoms with van der Waals surface area (Å²) in [5.41, 5.74) is 2.32. The van der Waals surface area contributed by atoms with Crippen LogP contribution in [-0.4, -0.2) is 22.5 Å². The number of hydrogen-bond donors (Lipinski definition) is 1. The highest BCUT2D eigenvalue weighted by Gasteiger charge is 2.23. The summed E-state index contributed by atoms with van der Waals surface area (Å²) in [7, 11) is 2.26. The molecule has 2 aliphatic carbocycles. The van der Waals surface area contributed by atoms with Crippen LogP contribution in [0.25, 0.3) is 4.96 Å². The molecule has 1 saturated carbocycles. The van der Waals surface area contributed by atoms with E-state index in [1.165, 1.54) is 60.4 Å². The van der Waals surface area contributed by atoms with E-state index >= 15 is 0 Å². The van der Waals surface area contributed by atoms with Gasteiger partial charge in [-0.05, 0) is 51.4 Å². The highest BCUT2D eigenvalue weighted by atomic mass is 32.1. The summed E-state index contributed by atoms with van der Waals surface area (Å²) < 4.78 is 1.87. The van der Waals surface area contributed by atoms with Crippen LogP contribution in [0.4, 0.5) is 0 Å². The van der Waals surface area contributed by atoms with Crippen LogP contribution >= 0.6 is 11.3 Å². The maximum Gasteiger partial charge on any atom is 0.259 e. The average molecular weight is 332 g/mol. The van der Waals surface area contributed by atoms with Gasteiger partial charge in [-0.2, -0.15) is 0 Å². The molecular formula is C18H26N3OS+. The minimum absolute atomic E-state index is 0.126. The summed E-state index contributed by atoms with van der Waals surface area (Å²) in [5.74, 6) is 0. The molecule has 0 saturated heterocycles. The largest absolute Gasteiger partial charge is 0.330 e. The first-order chi connectivity index (χ1) is 11.2. The minimum atomic E-state index is 0.126. The SMILES string of the molecule is C[NH+](Cc1cc(=O)n2c3c(sc2n1)CCCC3)C1CCCCC1. The van der Waals surface area contributed by atoms with E-state index in [2.05, 4.69) is 7.05 Å². The molecule has 0 aromatic carbocycles. The lowest BCUT2D eigenvalue weighted by Gasteiger charge is -2.27. The first kappa shape index (κ1) is 15.3. The van der Waals surface area contributed by atoms with Gasteiger partial charge in [-0.1, -0.05) is 6.42 Å². The van der Waals surface area contributed by atoms with Crippen molar-refractivity contribution in [2.45, 2.75) is 70.4 Å². The minimum Gasteiger partial charge on any atom is -0.330 e. The third-order valence-corrected chi connectivity index (χ3v) is 6.72. The number of rotatable bonds is 3. The summed E-state index contributed by atoms with van der Waals surface area (Å²) in [4.78, 5) is 21.3. The lowest BCUT2D eigenvalue weighted by atomic mass is 9.94. The van der Waals surface area contributed by atoms with Gasteiger partial charge in [0.15, 0.2) is 4.96 Å². The van der Waals surface area contributed by atoms with E-state index in [4.69, 9.17) is 4.98 Å². The van der Waals surface area contributed by atoms with E-state index in [-0.39, 0.29) is 5.56 Å². The Morgan fingerprint density at radius 3 is 2.83 bits per heavy atom. The number of nitrogens with one attached hydrogen (secondary N) is 1. The number of aryl methyl sites for hydroxylation is 2. The van der Waals surface area contributed by atoms with Gasteiger partial charge in [0.1, 0.15) is 12.2 Å². The molecule has 2 aliphatic rings. The molecule has 2 heterocycles. The van der Waals surface area contributed by atoms with Gasteiger partial charge in [-0.15, -0.1) is 11.3 Å². The van der Waals surface area contributed by atoms with Crippen LogP contribution in [0.3, 0.4) is 0 Å². The Balaban J connectivity index is 1.62. The predicted molar refractivity (Wildman–Crippen MR) is 93.4 cm³/mol. The fourth-order valence-corrected chi connectivity index (χ4v) is 5.49. The van der Waals surface area contributed by atoms with Crippen molar-refractivity contribution in [3.05, 3.63) is 32.7 Å². The van der Waals surface area contributed by atoms with E-state index in [0.717, 1.165) is 36.1 Å². The summed E-state index contributed by atoms with van der Waals surface area (Å²) in [5, 5.41) is 0. The van der Waals surface area contributed by atoms with Gasteiger partial charge in [0.05, 0.1) is 13.1 Å². The zero-order valence-corrected chi connectivity index (χ0v) is 14.8. The van der Waals surface area contributed by atoms with Crippen molar-refractivity contribution in [2.24, 2.45) is 0 Å². The molecule has 0 amide bonds. The summed E-state index contributed by atoms with van der Waals surface area (Å²) in [6.45, 7) is 0.874. The van der Waals surface area contributed by atoms with E-state index in [0.29, 0.717) is 0 Å². The molecule has 4 nitrogen and oxygen atoms in total. The van der Waals surface area contributed by atoms with E-state index in [1.54, 1.807) is 17.4 Å². The van der Waals surface area contributed by atoms with Gasteiger partial charge in [0, 0.05) is 16.6 Å². The van der Waals surface area contributed by atoms with E-state index in [1.807, 2.05) is 4.40 Å². The van der Waals surface area contributed by atoms with E-state index < -0.39 is 0 Å². The van der Waals surface area contributed by atoms with Crippen LogP contribution < -0.4 is 10.5 Å². The molecule has 1 fully saturated rings. The molecule has 4 rings (SSSR count). The Kier molecular flexibility index (Phi) is 4.24. The molecule has 2 aromatic rings. The number of thiazole rings is 1. The smallest absolute Gasteiger partial charge is 0.259 e. The van der Waals surface area contributed by atoms with Crippen LogP contribution in [0.15, 0.2) is 10.9 Å². The van der Waals surface area contributed by atoms with Crippen molar-refractivity contribution in [1.82, 2.24) is 9.38 Å². The van der Waals surface area contributed by atoms with Gasteiger partial charge < -0.3 is 4.90 Å². The van der Waals surface area contributed by atoms with E-state index in [9.17, 15) is 4.79 Å². The molecule has 0 radical (unpaired) electrons. The third kappa shape index (κ3) is 2.96. The van der Waals surface area contributed by atoms with Crippen molar-refractivity contribution in [3.63, 3.8) is 0 Å². The molecular weight excluding hydrogens is 306 g/mol. The van der Waals surface area contributed by atoms with Gasteiger partial charge in [0.2, 0.25) is 0 Å². The molecule has 2 aromatic heterocycles. The third-order valence-electron chi connectivity index (χ3n) is 5.58. The fourth-order valence-electron chi connectivity index (χ4n) is 4.26. The molecule has 5 heteroatoms. The Morgan fingerprint density at radius 2 is 2.00 bits per heavy atom. The second-order valence-electron chi connectivity index (χ2n) is 7.24. The number of quaternary nitrogens is 1. The standard InChI is InChI=1S/C18H25N3OS/c1-20(14-7-3-2-4-8-14)12-13-11-17(22)21-15-9-5-6-10-16(15)23-18(21)19-13/h11,14H,2-10,12H2,1H3/p+1. The number of hydrogen-bond acceptors (Lipinski definition) is 3. The summed E-state index contributed by atoms with van der Waals surface area (Å²) in [6.07, 6.45) is 11.3. The first-order valence-electron chi connectivity index (χ1n) is 9.08. The monoisotopic (exact) mass is 332 g/mol. The summed E-state index contributed by atoms with van der Waals surface area (Å²) >= 11 is 1.73. The van der Waals surface area contributed by atoms with Crippen molar-refractivity contribution >= 4 is 16.3 Å².